The Balaban J connectivity index is 0. The van der Waals surface area contributed by atoms with E-state index in [0.29, 0.717) is 0 Å². The summed E-state index contributed by atoms with van der Waals surface area (Å²) in [6.07, 6.45) is 2.56. The van der Waals surface area contributed by atoms with E-state index in [1.807, 2.05) is 0 Å². The van der Waals surface area contributed by atoms with E-state index in [1.165, 1.54) is 12.8 Å². The maximum atomic E-state index is 3.68. The van der Waals surface area contributed by atoms with Crippen LogP contribution in [0.3, 0.4) is 0 Å². The van der Waals surface area contributed by atoms with E-state index in [2.05, 4.69) is 63.5 Å². The topological polar surface area (TPSA) is 27.6 Å². The fraction of sp³-hybridized carbons (Fsp3) is 1.00. The van der Waals surface area contributed by atoms with Gasteiger partial charge >= 0.3 is 60.3 Å². The third kappa shape index (κ3) is 45.7. The third-order valence-electron chi connectivity index (χ3n) is 0.604. The molecule has 0 bridgehead atoms. The second kappa shape index (κ2) is 9.76. The van der Waals surface area contributed by atoms with Crippen molar-refractivity contribution in [3.63, 3.8) is 0 Å². The molecular formula is C4H12Br4NSn+. The van der Waals surface area contributed by atoms with Gasteiger partial charge in [-0.3, -0.25) is 0 Å². The first-order chi connectivity index (χ1) is 4.41. The molecule has 0 aromatic heterocycles. The van der Waals surface area contributed by atoms with Gasteiger partial charge in [0.1, 0.15) is 0 Å². The van der Waals surface area contributed by atoms with Crippen LogP contribution >= 0.6 is 50.8 Å². The summed E-state index contributed by atoms with van der Waals surface area (Å²) in [5, 5.41) is 0. The van der Waals surface area contributed by atoms with E-state index in [9.17, 15) is 0 Å². The van der Waals surface area contributed by atoms with Crippen LogP contribution in [0.5, 0.6) is 0 Å². The van der Waals surface area contributed by atoms with Gasteiger partial charge in [-0.1, -0.05) is 13.3 Å². The van der Waals surface area contributed by atoms with Crippen LogP contribution in [0.2, 0.25) is 0 Å². The summed E-state index contributed by atoms with van der Waals surface area (Å²) in [6.45, 7) is 3.27. The van der Waals surface area contributed by atoms with Crippen LogP contribution in [0.4, 0.5) is 0 Å². The predicted molar refractivity (Wildman–Crippen MR) is 64.1 cm³/mol. The Morgan fingerprint density at radius 1 is 1.20 bits per heavy atom. The molecule has 0 amide bonds. The number of hydrogen-bond acceptors (Lipinski definition) is 0. The second-order valence-corrected chi connectivity index (χ2v) is 78.8. The first-order valence-corrected chi connectivity index (χ1v) is 28.6. The van der Waals surface area contributed by atoms with Gasteiger partial charge in [0.2, 0.25) is 0 Å². The number of hydrogen-bond donors (Lipinski definition) is 1. The van der Waals surface area contributed by atoms with Crippen molar-refractivity contribution in [1.82, 2.24) is 0 Å². The predicted octanol–water partition coefficient (Wildman–Crippen LogP) is 3.03. The molecule has 0 aliphatic carbocycles. The molecule has 0 atom stereocenters. The van der Waals surface area contributed by atoms with E-state index in [1.54, 1.807) is 0 Å². The summed E-state index contributed by atoms with van der Waals surface area (Å²) in [7, 11) is -1.93. The molecule has 0 aliphatic heterocycles. The average Bonchev–Trinajstić information content (AvgIpc) is 1.63. The van der Waals surface area contributed by atoms with Crippen molar-refractivity contribution in [2.75, 3.05) is 6.54 Å². The van der Waals surface area contributed by atoms with Crippen molar-refractivity contribution in [3.8, 4) is 0 Å². The van der Waals surface area contributed by atoms with Gasteiger partial charge < -0.3 is 5.73 Å². The first kappa shape index (κ1) is 15.2. The number of rotatable bonds is 2. The molecule has 0 aromatic carbocycles. The van der Waals surface area contributed by atoms with E-state index >= 15 is 0 Å². The molecular weight excluding hydrogens is 500 g/mol. The molecule has 1 nitrogen and oxygen atoms in total. The van der Waals surface area contributed by atoms with Crippen molar-refractivity contribution in [2.45, 2.75) is 19.8 Å². The average molecular weight is 512 g/mol. The SMILES string of the molecule is CCCC[NH3+].[Br][Sn]([Br])([Br])[Br]. The zero-order valence-electron chi connectivity index (χ0n) is 5.84. The molecule has 0 fully saturated rings. The minimum absolute atomic E-state index is 1.09. The van der Waals surface area contributed by atoms with Crippen LogP contribution in [0.25, 0.3) is 0 Å². The Morgan fingerprint density at radius 2 is 1.50 bits per heavy atom. The van der Waals surface area contributed by atoms with Crippen LogP contribution in [-0.4, -0.2) is 16.0 Å². The Hall–Kier alpha value is 2.68. The molecule has 6 heteroatoms. The molecule has 0 radical (unpaired) electrons. The normalized spacial score (nSPS) is 10.2. The molecule has 3 N–H and O–H groups in total. The van der Waals surface area contributed by atoms with Gasteiger partial charge in [0.25, 0.3) is 0 Å². The zero-order chi connectivity index (χ0) is 8.62. The Kier molecular flexibility index (Phi) is 14.8. The molecule has 0 heterocycles. The molecule has 0 rings (SSSR count). The molecule has 0 unspecified atom stereocenters. The molecule has 0 saturated carbocycles. The Bertz CT molecular complexity index is 56.8. The van der Waals surface area contributed by atoms with Crippen LogP contribution in [-0.2, 0) is 0 Å². The van der Waals surface area contributed by atoms with Gasteiger partial charge in [-0.05, 0) is 6.42 Å². The molecule has 64 valence electrons. The molecule has 0 saturated heterocycles. The summed E-state index contributed by atoms with van der Waals surface area (Å²) < 4.78 is 0. The minimum atomic E-state index is -1.93. The van der Waals surface area contributed by atoms with E-state index in [0.717, 1.165) is 6.54 Å². The fourth-order valence-electron chi connectivity index (χ4n) is 0.250. The number of unbranched alkanes of at least 4 members (excludes halogenated alkanes) is 1. The number of quaternary nitrogens is 1. The number of halogens is 4. The molecule has 0 aliphatic rings. The second-order valence-electron chi connectivity index (χ2n) is 1.64. The summed E-state index contributed by atoms with van der Waals surface area (Å²) >= 11 is 13.3. The van der Waals surface area contributed by atoms with E-state index in [-0.39, 0.29) is 0 Å². The van der Waals surface area contributed by atoms with Crippen LogP contribution < -0.4 is 5.73 Å². The molecule has 10 heavy (non-hydrogen) atoms. The van der Waals surface area contributed by atoms with Crippen molar-refractivity contribution >= 4 is 60.3 Å². The van der Waals surface area contributed by atoms with E-state index < -0.39 is 9.49 Å². The maximum absolute atomic E-state index is 3.68. The van der Waals surface area contributed by atoms with Crippen LogP contribution in [0.15, 0.2) is 0 Å². The zero-order valence-corrected chi connectivity index (χ0v) is 15.0. The molecule has 0 spiro atoms. The molecule has 0 aromatic rings. The van der Waals surface area contributed by atoms with Crippen LogP contribution in [0, 0.1) is 0 Å². The monoisotopic (exact) mass is 510 g/mol. The van der Waals surface area contributed by atoms with Gasteiger partial charge in [-0.2, -0.15) is 0 Å². The standard InChI is InChI=1S/C4H11N.4BrH.Sn/c1-2-3-4-5;;;;;/h2-5H2,1H3;4*1H;/q;;;;;+4/p-3. The van der Waals surface area contributed by atoms with Gasteiger partial charge in [0.15, 0.2) is 0 Å². The van der Waals surface area contributed by atoms with Crippen molar-refractivity contribution in [2.24, 2.45) is 0 Å². The van der Waals surface area contributed by atoms with Gasteiger partial charge in [-0.15, -0.1) is 0 Å². The van der Waals surface area contributed by atoms with Crippen molar-refractivity contribution in [1.29, 1.82) is 0 Å². The fourth-order valence-corrected chi connectivity index (χ4v) is 0.250. The quantitative estimate of drug-likeness (QED) is 0.552. The first-order valence-electron chi connectivity index (χ1n) is 2.96. The summed E-state index contributed by atoms with van der Waals surface area (Å²) in [6, 6.07) is 0. The summed E-state index contributed by atoms with van der Waals surface area (Å²) in [5.74, 6) is 0. The summed E-state index contributed by atoms with van der Waals surface area (Å²) in [4.78, 5) is 0. The van der Waals surface area contributed by atoms with Crippen molar-refractivity contribution < 1.29 is 5.73 Å². The van der Waals surface area contributed by atoms with E-state index in [4.69, 9.17) is 0 Å². The van der Waals surface area contributed by atoms with Crippen LogP contribution in [0.1, 0.15) is 19.8 Å². The van der Waals surface area contributed by atoms with Crippen molar-refractivity contribution in [3.05, 3.63) is 0 Å². The summed E-state index contributed by atoms with van der Waals surface area (Å²) in [5.41, 5.74) is 3.68. The Morgan fingerprint density at radius 3 is 1.50 bits per heavy atom. The van der Waals surface area contributed by atoms with Gasteiger partial charge in [0, 0.05) is 0 Å². The third-order valence-corrected chi connectivity index (χ3v) is 0.604. The van der Waals surface area contributed by atoms with Gasteiger partial charge in [0.05, 0.1) is 6.54 Å². The van der Waals surface area contributed by atoms with Gasteiger partial charge in [-0.25, -0.2) is 0 Å². The Labute approximate surface area is 90.8 Å².